The van der Waals surface area contributed by atoms with Gasteiger partial charge < -0.3 is 15.1 Å². The summed E-state index contributed by atoms with van der Waals surface area (Å²) in [6.07, 6.45) is 4.78. The Labute approximate surface area is 165 Å². The van der Waals surface area contributed by atoms with Gasteiger partial charge in [-0.05, 0) is 55.9 Å². The molecule has 0 aliphatic carbocycles. The summed E-state index contributed by atoms with van der Waals surface area (Å²) < 4.78 is 13.0. The van der Waals surface area contributed by atoms with Gasteiger partial charge in [-0.25, -0.2) is 4.39 Å². The molecule has 1 N–H and O–H groups in total. The molecule has 2 aliphatic rings. The maximum absolute atomic E-state index is 13.0. The van der Waals surface area contributed by atoms with E-state index in [2.05, 4.69) is 5.32 Å². The third-order valence-electron chi connectivity index (χ3n) is 5.55. The number of likely N-dealkylation sites (tertiary alicyclic amines) is 2. The molecule has 2 heterocycles. The maximum Gasteiger partial charge on any atom is 0.251 e. The Morgan fingerprint density at radius 3 is 2.64 bits per heavy atom. The largest absolute Gasteiger partial charge is 0.352 e. The quantitative estimate of drug-likeness (QED) is 0.811. The highest BCUT2D eigenvalue weighted by atomic mass is 19.1. The van der Waals surface area contributed by atoms with Crippen LogP contribution in [0.2, 0.25) is 0 Å². The highest BCUT2D eigenvalue weighted by Crippen LogP contribution is 2.18. The molecule has 0 bridgehead atoms. The van der Waals surface area contributed by atoms with Crippen LogP contribution in [-0.4, -0.2) is 60.2 Å². The van der Waals surface area contributed by atoms with E-state index in [0.717, 1.165) is 38.8 Å². The van der Waals surface area contributed by atoms with Crippen LogP contribution in [0.5, 0.6) is 0 Å². The fourth-order valence-electron chi connectivity index (χ4n) is 3.89. The summed E-state index contributed by atoms with van der Waals surface area (Å²) in [5.41, 5.74) is 0.427. The van der Waals surface area contributed by atoms with E-state index in [1.54, 1.807) is 4.90 Å². The summed E-state index contributed by atoms with van der Waals surface area (Å²) in [7, 11) is 0. The molecule has 7 heteroatoms. The molecule has 0 spiro atoms. The normalized spacial score (nSPS) is 20.2. The number of halogens is 1. The van der Waals surface area contributed by atoms with Gasteiger partial charge in [0.05, 0.1) is 0 Å². The molecular weight excluding hydrogens is 361 g/mol. The molecule has 3 amide bonds. The minimum Gasteiger partial charge on any atom is -0.352 e. The van der Waals surface area contributed by atoms with Crippen molar-refractivity contribution >= 4 is 17.7 Å². The fraction of sp³-hybridized carbons (Fsp3) is 0.571. The number of hydrogen-bond donors (Lipinski definition) is 1. The van der Waals surface area contributed by atoms with Gasteiger partial charge in [0.1, 0.15) is 5.82 Å². The Bertz CT molecular complexity index is 707. The minimum atomic E-state index is -0.371. The van der Waals surface area contributed by atoms with Crippen molar-refractivity contribution in [3.05, 3.63) is 35.6 Å². The van der Waals surface area contributed by atoms with E-state index in [4.69, 9.17) is 0 Å². The smallest absolute Gasteiger partial charge is 0.251 e. The molecule has 0 saturated carbocycles. The van der Waals surface area contributed by atoms with Crippen LogP contribution in [0.4, 0.5) is 4.39 Å². The Kier molecular flexibility index (Phi) is 7.01. The van der Waals surface area contributed by atoms with E-state index in [-0.39, 0.29) is 29.5 Å². The van der Waals surface area contributed by atoms with E-state index in [0.29, 0.717) is 38.0 Å². The van der Waals surface area contributed by atoms with Crippen molar-refractivity contribution in [1.29, 1.82) is 0 Å². The van der Waals surface area contributed by atoms with Gasteiger partial charge in [-0.3, -0.25) is 14.4 Å². The van der Waals surface area contributed by atoms with E-state index in [1.807, 2.05) is 4.90 Å². The van der Waals surface area contributed by atoms with Gasteiger partial charge in [0.15, 0.2) is 0 Å². The lowest BCUT2D eigenvalue weighted by molar-refractivity contribution is -0.136. The summed E-state index contributed by atoms with van der Waals surface area (Å²) >= 11 is 0. The zero-order valence-corrected chi connectivity index (χ0v) is 16.2. The van der Waals surface area contributed by atoms with Crippen LogP contribution in [0.3, 0.4) is 0 Å². The molecule has 3 rings (SSSR count). The van der Waals surface area contributed by atoms with Crippen molar-refractivity contribution in [1.82, 2.24) is 15.1 Å². The Morgan fingerprint density at radius 1 is 1.11 bits per heavy atom. The standard InChI is InChI=1S/C21H28FN3O3/c22-18-8-6-17(7-9-18)21(28)23-14-16-4-3-12-25(15-16)20(27)10-13-24-11-2-1-5-19(24)26/h6-9,16H,1-5,10-15H2,(H,23,28). The van der Waals surface area contributed by atoms with E-state index in [1.165, 1.54) is 24.3 Å². The van der Waals surface area contributed by atoms with E-state index in [9.17, 15) is 18.8 Å². The number of nitrogens with zero attached hydrogens (tertiary/aromatic N) is 2. The first-order valence-electron chi connectivity index (χ1n) is 10.1. The van der Waals surface area contributed by atoms with Crippen molar-refractivity contribution in [3.8, 4) is 0 Å². The van der Waals surface area contributed by atoms with Gasteiger partial charge in [-0.1, -0.05) is 0 Å². The highest BCUT2D eigenvalue weighted by Gasteiger charge is 2.25. The van der Waals surface area contributed by atoms with E-state index >= 15 is 0 Å². The lowest BCUT2D eigenvalue weighted by Crippen LogP contribution is -2.45. The van der Waals surface area contributed by atoms with Gasteiger partial charge in [0.2, 0.25) is 11.8 Å². The van der Waals surface area contributed by atoms with Gasteiger partial charge in [0.25, 0.3) is 5.91 Å². The molecule has 2 aliphatic heterocycles. The Hall–Kier alpha value is -2.44. The zero-order chi connectivity index (χ0) is 19.9. The first-order chi connectivity index (χ1) is 13.5. The molecule has 152 valence electrons. The second-order valence-electron chi connectivity index (χ2n) is 7.65. The van der Waals surface area contributed by atoms with Crippen LogP contribution in [0.25, 0.3) is 0 Å². The summed E-state index contributed by atoms with van der Waals surface area (Å²) in [4.78, 5) is 40.2. The topological polar surface area (TPSA) is 69.7 Å². The molecule has 2 saturated heterocycles. The highest BCUT2D eigenvalue weighted by molar-refractivity contribution is 5.94. The van der Waals surface area contributed by atoms with E-state index < -0.39 is 0 Å². The number of hydrogen-bond acceptors (Lipinski definition) is 3. The minimum absolute atomic E-state index is 0.0768. The molecule has 0 radical (unpaired) electrons. The monoisotopic (exact) mass is 389 g/mol. The Morgan fingerprint density at radius 2 is 1.89 bits per heavy atom. The van der Waals surface area contributed by atoms with Crippen molar-refractivity contribution < 1.29 is 18.8 Å². The first kappa shape index (κ1) is 20.3. The number of carbonyl (C=O) groups is 3. The molecule has 1 unspecified atom stereocenters. The maximum atomic E-state index is 13.0. The third-order valence-corrected chi connectivity index (χ3v) is 5.55. The second-order valence-corrected chi connectivity index (χ2v) is 7.65. The average molecular weight is 389 g/mol. The predicted molar refractivity (Wildman–Crippen MR) is 103 cm³/mol. The number of piperidine rings is 2. The third kappa shape index (κ3) is 5.53. The van der Waals surface area contributed by atoms with Crippen LogP contribution in [0.1, 0.15) is 48.9 Å². The van der Waals surface area contributed by atoms with Crippen molar-refractivity contribution in [2.75, 3.05) is 32.7 Å². The number of nitrogens with one attached hydrogen (secondary N) is 1. The van der Waals surface area contributed by atoms with Gasteiger partial charge in [0, 0.05) is 51.1 Å². The molecule has 1 aromatic rings. The summed E-state index contributed by atoms with van der Waals surface area (Å²) in [5, 5.41) is 2.88. The second kappa shape index (κ2) is 9.66. The number of amides is 3. The van der Waals surface area contributed by atoms with Gasteiger partial charge >= 0.3 is 0 Å². The first-order valence-corrected chi connectivity index (χ1v) is 10.1. The van der Waals surface area contributed by atoms with Crippen molar-refractivity contribution in [2.24, 2.45) is 5.92 Å². The van der Waals surface area contributed by atoms with Crippen molar-refractivity contribution in [3.63, 3.8) is 0 Å². The fourth-order valence-corrected chi connectivity index (χ4v) is 3.89. The average Bonchev–Trinajstić information content (AvgIpc) is 2.72. The molecule has 1 atom stereocenters. The molecular formula is C21H28FN3O3. The van der Waals surface area contributed by atoms with Gasteiger partial charge in [-0.15, -0.1) is 0 Å². The SMILES string of the molecule is O=C(NCC1CCCN(C(=O)CCN2CCCCC2=O)C1)c1ccc(F)cc1. The van der Waals surface area contributed by atoms with Crippen LogP contribution in [-0.2, 0) is 9.59 Å². The molecule has 2 fully saturated rings. The summed E-state index contributed by atoms with van der Waals surface area (Å²) in [5.74, 6) is -0.165. The lowest BCUT2D eigenvalue weighted by atomic mass is 9.97. The van der Waals surface area contributed by atoms with Crippen LogP contribution < -0.4 is 5.32 Å². The van der Waals surface area contributed by atoms with Crippen LogP contribution in [0, 0.1) is 11.7 Å². The molecule has 28 heavy (non-hydrogen) atoms. The molecule has 6 nitrogen and oxygen atoms in total. The molecule has 0 aromatic heterocycles. The lowest BCUT2D eigenvalue weighted by Gasteiger charge is -2.34. The number of rotatable bonds is 6. The number of benzene rings is 1. The predicted octanol–water partition coefficient (Wildman–Crippen LogP) is 2.20. The summed E-state index contributed by atoms with van der Waals surface area (Å²) in [6.45, 7) is 3.10. The van der Waals surface area contributed by atoms with Gasteiger partial charge in [-0.2, -0.15) is 0 Å². The van der Waals surface area contributed by atoms with Crippen LogP contribution >= 0.6 is 0 Å². The Balaban J connectivity index is 1.42. The van der Waals surface area contributed by atoms with Crippen molar-refractivity contribution in [2.45, 2.75) is 38.5 Å². The summed E-state index contributed by atoms with van der Waals surface area (Å²) in [6, 6.07) is 5.46. The zero-order valence-electron chi connectivity index (χ0n) is 16.2. The van der Waals surface area contributed by atoms with Crippen LogP contribution in [0.15, 0.2) is 24.3 Å². The molecule has 1 aromatic carbocycles. The number of carbonyl (C=O) groups excluding carboxylic acids is 3.